The highest BCUT2D eigenvalue weighted by molar-refractivity contribution is 5.03. The average Bonchev–Trinajstić information content (AvgIpc) is 1.88. The minimum atomic E-state index is -0.207. The van der Waals surface area contributed by atoms with Crippen LogP contribution < -0.4 is 10.3 Å². The van der Waals surface area contributed by atoms with Gasteiger partial charge in [-0.2, -0.15) is 0 Å². The van der Waals surface area contributed by atoms with E-state index in [4.69, 9.17) is 0 Å². The van der Waals surface area contributed by atoms with E-state index in [1.165, 1.54) is 19.5 Å². The lowest BCUT2D eigenvalue weighted by Gasteiger charge is -1.92. The summed E-state index contributed by atoms with van der Waals surface area (Å²) in [6.07, 6.45) is 1.29. The van der Waals surface area contributed by atoms with Crippen molar-refractivity contribution < 1.29 is 4.74 Å². The van der Waals surface area contributed by atoms with Crippen molar-refractivity contribution in [1.82, 2.24) is 9.97 Å². The number of nitrogens with zero attached hydrogens (tertiary/aromatic N) is 1. The van der Waals surface area contributed by atoms with Gasteiger partial charge in [-0.15, -0.1) is 0 Å². The van der Waals surface area contributed by atoms with Gasteiger partial charge in [0.25, 0.3) is 5.56 Å². The molecule has 0 bridgehead atoms. The molecule has 0 amide bonds. The molecule has 1 heterocycles. The molecule has 48 valence electrons. The molecular weight excluding hydrogens is 120 g/mol. The van der Waals surface area contributed by atoms with Crippen LogP contribution in [0.4, 0.5) is 0 Å². The molecule has 0 spiro atoms. The van der Waals surface area contributed by atoms with Crippen LogP contribution in [0.15, 0.2) is 17.2 Å². The number of H-pyrrole nitrogens is 1. The molecule has 0 atom stereocenters. The highest BCUT2D eigenvalue weighted by Gasteiger charge is 1.88. The van der Waals surface area contributed by atoms with Crippen molar-refractivity contribution in [3.63, 3.8) is 0 Å². The van der Waals surface area contributed by atoms with E-state index < -0.39 is 0 Å². The molecule has 0 aromatic carbocycles. The second-order valence-corrected chi connectivity index (χ2v) is 1.45. The quantitative estimate of drug-likeness (QED) is 0.565. The van der Waals surface area contributed by atoms with Gasteiger partial charge in [-0.1, -0.05) is 0 Å². The predicted molar refractivity (Wildman–Crippen MR) is 31.4 cm³/mol. The summed E-state index contributed by atoms with van der Waals surface area (Å²) >= 11 is 0. The van der Waals surface area contributed by atoms with Crippen molar-refractivity contribution in [3.8, 4) is 5.88 Å². The Labute approximate surface area is 51.5 Å². The summed E-state index contributed by atoms with van der Waals surface area (Å²) in [5.74, 6) is 0.332. The summed E-state index contributed by atoms with van der Waals surface area (Å²) in [6.45, 7) is 0. The van der Waals surface area contributed by atoms with Crippen LogP contribution in [0.25, 0.3) is 0 Å². The molecule has 0 saturated heterocycles. The fourth-order valence-corrected chi connectivity index (χ4v) is 0.462. The molecule has 1 rings (SSSR count). The molecule has 0 fully saturated rings. The van der Waals surface area contributed by atoms with Crippen molar-refractivity contribution in [1.29, 1.82) is 0 Å². The number of ether oxygens (including phenoxy) is 1. The van der Waals surface area contributed by atoms with E-state index in [1.807, 2.05) is 0 Å². The zero-order valence-electron chi connectivity index (χ0n) is 4.92. The lowest BCUT2D eigenvalue weighted by molar-refractivity contribution is 0.396. The van der Waals surface area contributed by atoms with E-state index in [0.29, 0.717) is 5.88 Å². The van der Waals surface area contributed by atoms with Gasteiger partial charge in [0.05, 0.1) is 19.5 Å². The molecule has 1 N–H and O–H groups in total. The largest absolute Gasteiger partial charge is 0.481 e. The summed E-state index contributed by atoms with van der Waals surface area (Å²) in [6, 6.07) is 1.28. The van der Waals surface area contributed by atoms with Crippen LogP contribution in [0.3, 0.4) is 0 Å². The Hall–Kier alpha value is -1.32. The number of rotatable bonds is 1. The van der Waals surface area contributed by atoms with Gasteiger partial charge >= 0.3 is 0 Å². The van der Waals surface area contributed by atoms with E-state index >= 15 is 0 Å². The third-order valence-electron chi connectivity index (χ3n) is 0.862. The highest BCUT2D eigenvalue weighted by atomic mass is 16.5. The lowest BCUT2D eigenvalue weighted by atomic mass is 10.6. The van der Waals surface area contributed by atoms with Gasteiger partial charge in [-0.3, -0.25) is 4.79 Å². The lowest BCUT2D eigenvalue weighted by Crippen LogP contribution is -2.04. The molecule has 4 heteroatoms. The first kappa shape index (κ1) is 5.81. The van der Waals surface area contributed by atoms with E-state index in [9.17, 15) is 4.79 Å². The number of hydrogen-bond donors (Lipinski definition) is 1. The molecule has 9 heavy (non-hydrogen) atoms. The van der Waals surface area contributed by atoms with Gasteiger partial charge in [-0.25, -0.2) is 4.98 Å². The minimum Gasteiger partial charge on any atom is -0.481 e. The van der Waals surface area contributed by atoms with Crippen molar-refractivity contribution in [3.05, 3.63) is 22.7 Å². The van der Waals surface area contributed by atoms with Gasteiger partial charge in [0, 0.05) is 0 Å². The Morgan fingerprint density at radius 1 is 1.78 bits per heavy atom. The first-order valence-electron chi connectivity index (χ1n) is 2.41. The van der Waals surface area contributed by atoms with Crippen LogP contribution in [0, 0.1) is 0 Å². The number of methoxy groups -OCH3 is 1. The number of hydrogen-bond acceptors (Lipinski definition) is 3. The Kier molecular flexibility index (Phi) is 1.48. The maximum absolute atomic E-state index is 10.5. The SMILES string of the molecule is COc1cc(=O)[nH]cn1. The second kappa shape index (κ2) is 2.30. The van der Waals surface area contributed by atoms with Crippen molar-refractivity contribution in [2.24, 2.45) is 0 Å². The third kappa shape index (κ3) is 1.28. The molecule has 0 unspecified atom stereocenters. The molecule has 0 aliphatic carbocycles. The first-order chi connectivity index (χ1) is 4.33. The molecule has 1 aromatic heterocycles. The van der Waals surface area contributed by atoms with Gasteiger partial charge in [0.1, 0.15) is 0 Å². The summed E-state index contributed by atoms with van der Waals surface area (Å²) in [5, 5.41) is 0. The Bertz CT molecular complexity index is 243. The van der Waals surface area contributed by atoms with E-state index in [2.05, 4.69) is 14.7 Å². The molecule has 4 nitrogen and oxygen atoms in total. The van der Waals surface area contributed by atoms with Gasteiger partial charge in [0.15, 0.2) is 0 Å². The molecular formula is C5H6N2O2. The van der Waals surface area contributed by atoms with Crippen molar-refractivity contribution in [2.75, 3.05) is 7.11 Å². The van der Waals surface area contributed by atoms with Crippen molar-refractivity contribution in [2.45, 2.75) is 0 Å². The molecule has 1 aromatic rings. The fourth-order valence-electron chi connectivity index (χ4n) is 0.462. The predicted octanol–water partition coefficient (Wildman–Crippen LogP) is -0.221. The summed E-state index contributed by atoms with van der Waals surface area (Å²) in [4.78, 5) is 16.5. The average molecular weight is 126 g/mol. The molecule has 0 aliphatic heterocycles. The van der Waals surface area contributed by atoms with Crippen LogP contribution in [0.5, 0.6) is 5.88 Å². The monoisotopic (exact) mass is 126 g/mol. The maximum Gasteiger partial charge on any atom is 0.254 e. The van der Waals surface area contributed by atoms with Crippen LogP contribution in [-0.2, 0) is 0 Å². The van der Waals surface area contributed by atoms with Gasteiger partial charge in [-0.05, 0) is 0 Å². The zero-order chi connectivity index (χ0) is 6.69. The fraction of sp³-hybridized carbons (Fsp3) is 0.200. The van der Waals surface area contributed by atoms with Gasteiger partial charge < -0.3 is 9.72 Å². The highest BCUT2D eigenvalue weighted by Crippen LogP contribution is 1.94. The smallest absolute Gasteiger partial charge is 0.254 e. The van der Waals surface area contributed by atoms with Crippen LogP contribution >= 0.6 is 0 Å². The van der Waals surface area contributed by atoms with E-state index in [0.717, 1.165) is 0 Å². The Morgan fingerprint density at radius 2 is 2.56 bits per heavy atom. The molecule has 0 aliphatic rings. The topological polar surface area (TPSA) is 55.0 Å². The summed E-state index contributed by atoms with van der Waals surface area (Å²) < 4.78 is 4.66. The second-order valence-electron chi connectivity index (χ2n) is 1.45. The van der Waals surface area contributed by atoms with Crippen LogP contribution in [0.1, 0.15) is 0 Å². The number of aromatic nitrogens is 2. The van der Waals surface area contributed by atoms with Crippen molar-refractivity contribution >= 4 is 0 Å². The Balaban J connectivity index is 3.08. The third-order valence-corrected chi connectivity index (χ3v) is 0.862. The number of nitrogens with one attached hydrogen (secondary N) is 1. The molecule has 0 radical (unpaired) electrons. The minimum absolute atomic E-state index is 0.207. The normalized spacial score (nSPS) is 9.00. The molecule has 0 saturated carbocycles. The summed E-state index contributed by atoms with van der Waals surface area (Å²) in [7, 11) is 1.46. The van der Waals surface area contributed by atoms with Gasteiger partial charge in [0.2, 0.25) is 5.88 Å². The van der Waals surface area contributed by atoms with Crippen LogP contribution in [-0.4, -0.2) is 17.1 Å². The first-order valence-corrected chi connectivity index (χ1v) is 2.41. The zero-order valence-corrected chi connectivity index (χ0v) is 4.92. The standard InChI is InChI=1S/C5H6N2O2/c1-9-5-2-4(8)6-3-7-5/h2-3H,1H3,(H,6,7,8). The van der Waals surface area contributed by atoms with E-state index in [1.54, 1.807) is 0 Å². The summed E-state index contributed by atoms with van der Waals surface area (Å²) in [5.41, 5.74) is -0.207. The number of aromatic amines is 1. The maximum atomic E-state index is 10.5. The van der Waals surface area contributed by atoms with E-state index in [-0.39, 0.29) is 5.56 Å². The Morgan fingerprint density at radius 3 is 3.00 bits per heavy atom. The van der Waals surface area contributed by atoms with Crippen LogP contribution in [0.2, 0.25) is 0 Å².